The molecule has 6 nitrogen and oxygen atoms in total. The number of rotatable bonds is 3. The fraction of sp³-hybridized carbons (Fsp3) is 0.400. The molecule has 0 aliphatic carbocycles. The predicted molar refractivity (Wildman–Crippen MR) is 79.0 cm³/mol. The van der Waals surface area contributed by atoms with Gasteiger partial charge in [0.05, 0.1) is 11.9 Å². The number of para-hydroxylation sites is 1. The monoisotopic (exact) mass is 285 g/mol. The SMILES string of the molecule is CC1CC(CN)CN1C(=O)c1cn(-c2ccccc2)nn1. The van der Waals surface area contributed by atoms with Crippen LogP contribution in [0.1, 0.15) is 23.8 Å². The summed E-state index contributed by atoms with van der Waals surface area (Å²) in [4.78, 5) is 14.4. The summed E-state index contributed by atoms with van der Waals surface area (Å²) in [6, 6.07) is 9.83. The molecule has 0 radical (unpaired) electrons. The molecule has 2 aromatic rings. The van der Waals surface area contributed by atoms with Crippen LogP contribution in [0.5, 0.6) is 0 Å². The summed E-state index contributed by atoms with van der Waals surface area (Å²) in [5.74, 6) is 0.314. The molecule has 2 atom stereocenters. The van der Waals surface area contributed by atoms with E-state index < -0.39 is 0 Å². The lowest BCUT2D eigenvalue weighted by atomic mass is 10.1. The quantitative estimate of drug-likeness (QED) is 0.915. The summed E-state index contributed by atoms with van der Waals surface area (Å²) in [6.07, 6.45) is 2.63. The van der Waals surface area contributed by atoms with Gasteiger partial charge in [0, 0.05) is 12.6 Å². The minimum atomic E-state index is -0.0689. The van der Waals surface area contributed by atoms with Gasteiger partial charge in [-0.15, -0.1) is 5.10 Å². The van der Waals surface area contributed by atoms with Crippen molar-refractivity contribution >= 4 is 5.91 Å². The van der Waals surface area contributed by atoms with Gasteiger partial charge in [-0.1, -0.05) is 23.4 Å². The number of carbonyl (C=O) groups excluding carboxylic acids is 1. The second-order valence-corrected chi connectivity index (χ2v) is 5.53. The second kappa shape index (κ2) is 5.65. The van der Waals surface area contributed by atoms with Gasteiger partial charge in [-0.05, 0) is 37.9 Å². The van der Waals surface area contributed by atoms with Crippen LogP contribution < -0.4 is 5.73 Å². The molecule has 21 heavy (non-hydrogen) atoms. The van der Waals surface area contributed by atoms with Gasteiger partial charge < -0.3 is 10.6 Å². The second-order valence-electron chi connectivity index (χ2n) is 5.53. The van der Waals surface area contributed by atoms with E-state index in [2.05, 4.69) is 17.2 Å². The van der Waals surface area contributed by atoms with Crippen molar-refractivity contribution in [1.82, 2.24) is 19.9 Å². The van der Waals surface area contributed by atoms with Crippen LogP contribution in [0, 0.1) is 5.92 Å². The van der Waals surface area contributed by atoms with Gasteiger partial charge in [0.1, 0.15) is 0 Å². The summed E-state index contributed by atoms with van der Waals surface area (Å²) in [5, 5.41) is 8.05. The lowest BCUT2D eigenvalue weighted by Gasteiger charge is -2.19. The van der Waals surface area contributed by atoms with Gasteiger partial charge in [0.2, 0.25) is 0 Å². The van der Waals surface area contributed by atoms with Gasteiger partial charge in [-0.2, -0.15) is 0 Å². The number of nitrogens with zero attached hydrogens (tertiary/aromatic N) is 4. The highest BCUT2D eigenvalue weighted by Crippen LogP contribution is 2.23. The zero-order valence-electron chi connectivity index (χ0n) is 12.0. The minimum absolute atomic E-state index is 0.0689. The Labute approximate surface area is 123 Å². The average Bonchev–Trinajstić information content (AvgIpc) is 3.14. The fourth-order valence-electron chi connectivity index (χ4n) is 2.81. The molecule has 3 rings (SSSR count). The van der Waals surface area contributed by atoms with E-state index in [9.17, 15) is 4.79 Å². The zero-order valence-corrected chi connectivity index (χ0v) is 12.0. The summed E-state index contributed by atoms with van der Waals surface area (Å²) < 4.78 is 1.62. The lowest BCUT2D eigenvalue weighted by molar-refractivity contribution is 0.0737. The molecule has 0 bridgehead atoms. The molecule has 0 saturated carbocycles. The zero-order chi connectivity index (χ0) is 14.8. The number of hydrogen-bond acceptors (Lipinski definition) is 4. The highest BCUT2D eigenvalue weighted by Gasteiger charge is 2.33. The van der Waals surface area contributed by atoms with E-state index in [1.54, 1.807) is 10.9 Å². The molecule has 0 spiro atoms. The van der Waals surface area contributed by atoms with Gasteiger partial charge in [-0.25, -0.2) is 4.68 Å². The normalized spacial score (nSPS) is 21.7. The molecule has 1 aliphatic heterocycles. The highest BCUT2D eigenvalue weighted by molar-refractivity contribution is 5.92. The number of benzene rings is 1. The summed E-state index contributed by atoms with van der Waals surface area (Å²) in [6.45, 7) is 3.37. The molecule has 1 saturated heterocycles. The number of carbonyl (C=O) groups is 1. The Morgan fingerprint density at radius 2 is 2.14 bits per heavy atom. The standard InChI is InChI=1S/C15H19N5O/c1-11-7-12(8-16)9-19(11)15(21)14-10-20(18-17-14)13-5-3-2-4-6-13/h2-6,10-12H,7-9,16H2,1H3. The van der Waals surface area contributed by atoms with Crippen LogP contribution in [0.25, 0.3) is 5.69 Å². The maximum absolute atomic E-state index is 12.5. The van der Waals surface area contributed by atoms with Crippen molar-refractivity contribution in [1.29, 1.82) is 0 Å². The fourth-order valence-corrected chi connectivity index (χ4v) is 2.81. The summed E-state index contributed by atoms with van der Waals surface area (Å²) >= 11 is 0. The van der Waals surface area contributed by atoms with Gasteiger partial charge >= 0.3 is 0 Å². The largest absolute Gasteiger partial charge is 0.334 e. The molecular formula is C15H19N5O. The molecule has 1 fully saturated rings. The Kier molecular flexibility index (Phi) is 3.70. The first-order valence-electron chi connectivity index (χ1n) is 7.18. The Morgan fingerprint density at radius 3 is 2.81 bits per heavy atom. The van der Waals surface area contributed by atoms with E-state index in [0.717, 1.165) is 12.1 Å². The van der Waals surface area contributed by atoms with Crippen molar-refractivity contribution in [3.8, 4) is 5.69 Å². The molecule has 1 aromatic carbocycles. The number of aromatic nitrogens is 3. The molecule has 1 amide bonds. The van der Waals surface area contributed by atoms with Crippen LogP contribution in [0.15, 0.2) is 36.5 Å². The third kappa shape index (κ3) is 2.67. The maximum atomic E-state index is 12.5. The first-order chi connectivity index (χ1) is 10.2. The van der Waals surface area contributed by atoms with Crippen LogP contribution in [0.2, 0.25) is 0 Å². The van der Waals surface area contributed by atoms with Crippen LogP contribution >= 0.6 is 0 Å². The van der Waals surface area contributed by atoms with Crippen molar-refractivity contribution in [3.05, 3.63) is 42.2 Å². The van der Waals surface area contributed by atoms with Crippen LogP contribution in [-0.2, 0) is 0 Å². The predicted octanol–water partition coefficient (Wildman–Crippen LogP) is 1.08. The first-order valence-corrected chi connectivity index (χ1v) is 7.18. The molecular weight excluding hydrogens is 266 g/mol. The van der Waals surface area contributed by atoms with E-state index in [4.69, 9.17) is 5.73 Å². The molecule has 110 valence electrons. The Bertz CT molecular complexity index is 624. The third-order valence-corrected chi connectivity index (χ3v) is 3.99. The molecule has 1 aliphatic rings. The van der Waals surface area contributed by atoms with Crippen molar-refractivity contribution in [2.24, 2.45) is 11.7 Å². The smallest absolute Gasteiger partial charge is 0.276 e. The molecule has 6 heteroatoms. The Balaban J connectivity index is 1.79. The van der Waals surface area contributed by atoms with Crippen LogP contribution in [0.3, 0.4) is 0 Å². The Hall–Kier alpha value is -2.21. The van der Waals surface area contributed by atoms with E-state index >= 15 is 0 Å². The first kappa shape index (κ1) is 13.8. The van der Waals surface area contributed by atoms with Gasteiger partial charge in [0.15, 0.2) is 5.69 Å². The number of hydrogen-bond donors (Lipinski definition) is 1. The molecule has 2 heterocycles. The summed E-state index contributed by atoms with van der Waals surface area (Å²) in [7, 11) is 0. The maximum Gasteiger partial charge on any atom is 0.276 e. The third-order valence-electron chi connectivity index (χ3n) is 3.99. The lowest BCUT2D eigenvalue weighted by Crippen LogP contribution is -2.34. The van der Waals surface area contributed by atoms with E-state index in [1.165, 1.54) is 0 Å². The topological polar surface area (TPSA) is 77.0 Å². The highest BCUT2D eigenvalue weighted by atomic mass is 16.2. The van der Waals surface area contributed by atoms with Crippen molar-refractivity contribution < 1.29 is 4.79 Å². The number of amides is 1. The average molecular weight is 285 g/mol. The molecule has 2 unspecified atom stereocenters. The Morgan fingerprint density at radius 1 is 1.38 bits per heavy atom. The number of nitrogens with two attached hydrogens (primary N) is 1. The van der Waals surface area contributed by atoms with Crippen molar-refractivity contribution in [3.63, 3.8) is 0 Å². The van der Waals surface area contributed by atoms with E-state index in [-0.39, 0.29) is 11.9 Å². The van der Waals surface area contributed by atoms with E-state index in [1.807, 2.05) is 35.2 Å². The van der Waals surface area contributed by atoms with Gasteiger partial charge in [0.25, 0.3) is 5.91 Å². The van der Waals surface area contributed by atoms with Crippen LogP contribution in [-0.4, -0.2) is 44.9 Å². The molecule has 2 N–H and O–H groups in total. The van der Waals surface area contributed by atoms with Gasteiger partial charge in [-0.3, -0.25) is 4.79 Å². The minimum Gasteiger partial charge on any atom is -0.334 e. The van der Waals surface area contributed by atoms with Crippen molar-refractivity contribution in [2.75, 3.05) is 13.1 Å². The van der Waals surface area contributed by atoms with Crippen LogP contribution in [0.4, 0.5) is 0 Å². The molecule has 1 aromatic heterocycles. The summed E-state index contributed by atoms with van der Waals surface area (Å²) in [5.41, 5.74) is 6.97. The van der Waals surface area contributed by atoms with E-state index in [0.29, 0.717) is 24.7 Å². The van der Waals surface area contributed by atoms with Crippen molar-refractivity contribution in [2.45, 2.75) is 19.4 Å². The number of likely N-dealkylation sites (tertiary alicyclic amines) is 1.